The normalized spacial score (nSPS) is 9.92. The molecule has 1 aromatic rings. The third-order valence-corrected chi connectivity index (χ3v) is 2.33. The lowest BCUT2D eigenvalue weighted by Crippen LogP contribution is -1.90. The number of nitrogens with one attached hydrogen (secondary N) is 1. The van der Waals surface area contributed by atoms with Gasteiger partial charge in [0.15, 0.2) is 0 Å². The maximum absolute atomic E-state index is 12.7. The molecule has 0 aliphatic carbocycles. The van der Waals surface area contributed by atoms with Crippen molar-refractivity contribution in [2.45, 2.75) is 5.75 Å². The van der Waals surface area contributed by atoms with Crippen molar-refractivity contribution in [3.05, 3.63) is 29.6 Å². The molecule has 0 bridgehead atoms. The van der Waals surface area contributed by atoms with Gasteiger partial charge in [-0.05, 0) is 30.0 Å². The summed E-state index contributed by atoms with van der Waals surface area (Å²) < 4.78 is 15.5. The minimum Gasteiger partial charge on any atom is -0.332 e. The van der Waals surface area contributed by atoms with Gasteiger partial charge >= 0.3 is 0 Å². The van der Waals surface area contributed by atoms with E-state index in [-0.39, 0.29) is 5.82 Å². The zero-order chi connectivity index (χ0) is 8.97. The summed E-state index contributed by atoms with van der Waals surface area (Å²) in [5, 5.41) is 0. The number of hydrogen-bond acceptors (Lipinski definition) is 3. The Morgan fingerprint density at radius 3 is 2.92 bits per heavy atom. The Morgan fingerprint density at radius 1 is 1.58 bits per heavy atom. The van der Waals surface area contributed by atoms with E-state index in [9.17, 15) is 4.39 Å². The van der Waals surface area contributed by atoms with Gasteiger partial charge in [0.1, 0.15) is 5.82 Å². The molecule has 0 amide bonds. The van der Waals surface area contributed by atoms with E-state index in [2.05, 4.69) is 17.5 Å². The minimum absolute atomic E-state index is 0.202. The number of thioether (sulfide) groups is 1. The number of benzene rings is 1. The van der Waals surface area contributed by atoms with Crippen molar-refractivity contribution in [3.63, 3.8) is 0 Å². The monoisotopic (exact) mass is 203 g/mol. The van der Waals surface area contributed by atoms with E-state index in [1.807, 2.05) is 6.26 Å². The van der Waals surface area contributed by atoms with Crippen molar-refractivity contribution < 1.29 is 4.39 Å². The van der Waals surface area contributed by atoms with Gasteiger partial charge in [-0.15, -0.1) is 0 Å². The van der Waals surface area contributed by atoms with Crippen molar-refractivity contribution in [2.75, 3.05) is 11.0 Å². The third kappa shape index (κ3) is 2.32. The van der Waals surface area contributed by atoms with Crippen LogP contribution in [-0.4, -0.2) is 6.26 Å². The van der Waals surface area contributed by atoms with Crippen LogP contribution in [0.4, 0.5) is 10.1 Å². The van der Waals surface area contributed by atoms with E-state index in [0.29, 0.717) is 0 Å². The molecule has 1 rings (SSSR count). The van der Waals surface area contributed by atoms with Crippen molar-refractivity contribution in [3.8, 4) is 0 Å². The predicted octanol–water partition coefficient (Wildman–Crippen LogP) is 2.95. The second-order valence-electron chi connectivity index (χ2n) is 2.35. The number of hydrogen-bond donors (Lipinski definition) is 2. The molecule has 1 nitrogen and oxygen atoms in total. The molecule has 0 heterocycles. The molecular formula is C8H10FNS2. The molecule has 1 N–H and O–H groups in total. The van der Waals surface area contributed by atoms with Gasteiger partial charge in [0.2, 0.25) is 0 Å². The summed E-state index contributed by atoms with van der Waals surface area (Å²) in [5.74, 6) is 0.590. The van der Waals surface area contributed by atoms with Gasteiger partial charge in [-0.2, -0.15) is 11.8 Å². The highest BCUT2D eigenvalue weighted by Crippen LogP contribution is 2.21. The predicted molar refractivity (Wildman–Crippen MR) is 56.2 cm³/mol. The molecule has 0 aliphatic heterocycles. The van der Waals surface area contributed by atoms with Crippen molar-refractivity contribution in [1.29, 1.82) is 0 Å². The second-order valence-corrected chi connectivity index (χ2v) is 3.44. The third-order valence-electron chi connectivity index (χ3n) is 1.49. The van der Waals surface area contributed by atoms with E-state index in [0.717, 1.165) is 17.0 Å². The summed E-state index contributed by atoms with van der Waals surface area (Å²) in [6.07, 6.45) is 1.98. The molecule has 0 unspecified atom stereocenters. The number of rotatable bonds is 3. The average molecular weight is 203 g/mol. The maximum Gasteiger partial charge on any atom is 0.123 e. The zero-order valence-electron chi connectivity index (χ0n) is 6.67. The molecule has 12 heavy (non-hydrogen) atoms. The highest BCUT2D eigenvalue weighted by molar-refractivity contribution is 7.97. The minimum atomic E-state index is -0.202. The summed E-state index contributed by atoms with van der Waals surface area (Å²) in [6.45, 7) is 0. The van der Waals surface area contributed by atoms with Crippen LogP contribution in [0, 0.1) is 5.82 Å². The SMILES string of the molecule is CSCc1cc(F)ccc1NS. The van der Waals surface area contributed by atoms with Crippen LogP contribution >= 0.6 is 24.6 Å². The first-order valence-corrected chi connectivity index (χ1v) is 5.29. The van der Waals surface area contributed by atoms with Gasteiger partial charge in [-0.1, -0.05) is 12.8 Å². The van der Waals surface area contributed by atoms with E-state index >= 15 is 0 Å². The lowest BCUT2D eigenvalue weighted by molar-refractivity contribution is 0.627. The van der Waals surface area contributed by atoms with Crippen LogP contribution in [0.2, 0.25) is 0 Å². The van der Waals surface area contributed by atoms with Crippen LogP contribution in [-0.2, 0) is 5.75 Å². The van der Waals surface area contributed by atoms with Gasteiger partial charge in [-0.25, -0.2) is 4.39 Å². The van der Waals surface area contributed by atoms with Gasteiger partial charge in [0.25, 0.3) is 0 Å². The molecule has 0 radical (unpaired) electrons. The number of anilines is 1. The highest BCUT2D eigenvalue weighted by atomic mass is 32.2. The van der Waals surface area contributed by atoms with Gasteiger partial charge < -0.3 is 4.72 Å². The van der Waals surface area contributed by atoms with Crippen molar-refractivity contribution in [1.82, 2.24) is 0 Å². The highest BCUT2D eigenvalue weighted by Gasteiger charge is 2.01. The summed E-state index contributed by atoms with van der Waals surface area (Å²) >= 11 is 5.58. The smallest absolute Gasteiger partial charge is 0.123 e. The fraction of sp³-hybridized carbons (Fsp3) is 0.250. The molecule has 0 aliphatic rings. The Morgan fingerprint density at radius 2 is 2.33 bits per heavy atom. The Labute approximate surface area is 81.3 Å². The molecule has 0 spiro atoms. The van der Waals surface area contributed by atoms with Gasteiger partial charge in [0.05, 0.1) is 0 Å². The lowest BCUT2D eigenvalue weighted by Gasteiger charge is -2.06. The van der Waals surface area contributed by atoms with Crippen LogP contribution in [0.5, 0.6) is 0 Å². The summed E-state index contributed by atoms with van der Waals surface area (Å²) in [4.78, 5) is 0. The maximum atomic E-state index is 12.7. The van der Waals surface area contributed by atoms with E-state index in [4.69, 9.17) is 0 Å². The largest absolute Gasteiger partial charge is 0.332 e. The molecular weight excluding hydrogens is 193 g/mol. The first-order valence-electron chi connectivity index (χ1n) is 3.45. The van der Waals surface area contributed by atoms with Crippen LogP contribution in [0.25, 0.3) is 0 Å². The first-order chi connectivity index (χ1) is 5.77. The Hall–Kier alpha value is -0.350. The summed E-state index contributed by atoms with van der Waals surface area (Å²) in [5.41, 5.74) is 1.81. The van der Waals surface area contributed by atoms with E-state index < -0.39 is 0 Å². The van der Waals surface area contributed by atoms with Crippen LogP contribution in [0.15, 0.2) is 18.2 Å². The molecule has 0 saturated carbocycles. The topological polar surface area (TPSA) is 12.0 Å². The molecule has 0 saturated heterocycles. The summed E-state index contributed by atoms with van der Waals surface area (Å²) in [7, 11) is 0. The molecule has 4 heteroatoms. The van der Waals surface area contributed by atoms with E-state index in [1.54, 1.807) is 17.8 Å². The first kappa shape index (κ1) is 9.74. The zero-order valence-corrected chi connectivity index (χ0v) is 8.38. The fourth-order valence-electron chi connectivity index (χ4n) is 0.946. The lowest BCUT2D eigenvalue weighted by atomic mass is 10.2. The van der Waals surface area contributed by atoms with Crippen molar-refractivity contribution in [2.24, 2.45) is 0 Å². The quantitative estimate of drug-likeness (QED) is 0.733. The standard InChI is InChI=1S/C8H10FNS2/c1-12-5-6-4-7(9)2-3-8(6)10-11/h2-4,10-11H,5H2,1H3. The Kier molecular flexibility index (Phi) is 3.75. The molecule has 0 aromatic heterocycles. The van der Waals surface area contributed by atoms with Crippen LogP contribution in [0.3, 0.4) is 0 Å². The molecule has 66 valence electrons. The average Bonchev–Trinajstić information content (AvgIpc) is 2.05. The molecule has 0 atom stereocenters. The Balaban J connectivity index is 2.95. The second kappa shape index (κ2) is 4.62. The van der Waals surface area contributed by atoms with Crippen LogP contribution < -0.4 is 4.72 Å². The van der Waals surface area contributed by atoms with Gasteiger partial charge in [-0.3, -0.25) is 0 Å². The number of halogens is 1. The Bertz CT molecular complexity index is 265. The number of thiol groups is 1. The summed E-state index contributed by atoms with van der Waals surface area (Å²) in [6, 6.07) is 4.63. The fourth-order valence-corrected chi connectivity index (χ4v) is 1.71. The van der Waals surface area contributed by atoms with Gasteiger partial charge in [0, 0.05) is 11.4 Å². The van der Waals surface area contributed by atoms with E-state index in [1.165, 1.54) is 12.1 Å². The van der Waals surface area contributed by atoms with Crippen molar-refractivity contribution >= 4 is 30.3 Å². The van der Waals surface area contributed by atoms with Crippen LogP contribution in [0.1, 0.15) is 5.56 Å². The molecule has 0 fully saturated rings. The molecule has 1 aromatic carbocycles.